The standard InChI is InChI=1S/C40H38O10/c1-20(2)4-8-27-33(45)12-10-29(38(27)48)40(50)36-30(23-16-25(42)18-26(43)17-23)14-21(3)15-31(36)37-34(46)13-9-28(39(37)49)32(44)11-6-22-5-7-24(41)19-35(22)47/h4-7,9-13,15-19,30-31,36,41-43,45-49H,8,14H2,1-3H3/t30-,31+,36-/m0/s1. The van der Waals surface area contributed by atoms with E-state index in [2.05, 4.69) is 0 Å². The van der Waals surface area contributed by atoms with E-state index >= 15 is 0 Å². The molecule has 0 unspecified atom stereocenters. The fourth-order valence-corrected chi connectivity index (χ4v) is 6.53. The van der Waals surface area contributed by atoms with Crippen LogP contribution in [0, 0.1) is 5.92 Å². The Morgan fingerprint density at radius 1 is 0.740 bits per heavy atom. The van der Waals surface area contributed by atoms with Gasteiger partial charge < -0.3 is 40.9 Å². The van der Waals surface area contributed by atoms with E-state index in [-0.39, 0.29) is 69.4 Å². The summed E-state index contributed by atoms with van der Waals surface area (Å²) in [7, 11) is 0. The van der Waals surface area contributed by atoms with Crippen molar-refractivity contribution in [1.82, 2.24) is 0 Å². The van der Waals surface area contributed by atoms with Gasteiger partial charge in [-0.05, 0) is 106 Å². The topological polar surface area (TPSA) is 196 Å². The van der Waals surface area contributed by atoms with Crippen molar-refractivity contribution in [3.8, 4) is 46.0 Å². The molecule has 5 rings (SSSR count). The van der Waals surface area contributed by atoms with Crippen LogP contribution in [-0.2, 0) is 6.42 Å². The number of phenols is 8. The molecule has 8 N–H and O–H groups in total. The lowest BCUT2D eigenvalue weighted by Gasteiger charge is -2.37. The first-order chi connectivity index (χ1) is 23.7. The van der Waals surface area contributed by atoms with Gasteiger partial charge in [-0.1, -0.05) is 23.3 Å². The fourth-order valence-electron chi connectivity index (χ4n) is 6.53. The molecule has 10 nitrogen and oxygen atoms in total. The summed E-state index contributed by atoms with van der Waals surface area (Å²) in [5.74, 6) is -6.93. The first-order valence-electron chi connectivity index (χ1n) is 15.9. The molecule has 258 valence electrons. The van der Waals surface area contributed by atoms with Gasteiger partial charge in [0, 0.05) is 40.7 Å². The molecule has 3 atom stereocenters. The Balaban J connectivity index is 1.67. The molecule has 0 aromatic heterocycles. The smallest absolute Gasteiger partial charge is 0.189 e. The van der Waals surface area contributed by atoms with E-state index in [0.717, 1.165) is 29.4 Å². The summed E-state index contributed by atoms with van der Waals surface area (Å²) in [6.45, 7) is 5.49. The molecule has 0 radical (unpaired) electrons. The van der Waals surface area contributed by atoms with E-state index in [9.17, 15) is 50.4 Å². The maximum atomic E-state index is 14.7. The SMILES string of the molecule is CC(C)=CCc1c(O)ccc(C(=O)[C@@H]2[C@H](c3c(O)ccc(C(=O)C=Cc4ccc(O)cc4O)c3O)C=C(C)C[C@H]2c2cc(O)cc(O)c2)c1O. The molecule has 0 amide bonds. The number of allylic oxidation sites excluding steroid dienone is 5. The van der Waals surface area contributed by atoms with Crippen molar-refractivity contribution < 1.29 is 50.4 Å². The zero-order chi connectivity index (χ0) is 36.4. The predicted octanol–water partition coefficient (Wildman–Crippen LogP) is 7.45. The van der Waals surface area contributed by atoms with Crippen LogP contribution in [0.2, 0.25) is 0 Å². The van der Waals surface area contributed by atoms with Crippen LogP contribution >= 0.6 is 0 Å². The summed E-state index contributed by atoms with van der Waals surface area (Å²) in [4.78, 5) is 28.1. The largest absolute Gasteiger partial charge is 0.508 e. The highest BCUT2D eigenvalue weighted by Crippen LogP contribution is 2.52. The molecule has 0 fully saturated rings. The van der Waals surface area contributed by atoms with Crippen LogP contribution in [0.5, 0.6) is 46.0 Å². The highest BCUT2D eigenvalue weighted by molar-refractivity contribution is 6.09. The second-order valence-corrected chi connectivity index (χ2v) is 12.8. The van der Waals surface area contributed by atoms with Crippen LogP contribution in [0.25, 0.3) is 6.08 Å². The van der Waals surface area contributed by atoms with Crippen molar-refractivity contribution in [2.45, 2.75) is 45.4 Å². The maximum absolute atomic E-state index is 14.7. The Morgan fingerprint density at radius 3 is 2.06 bits per heavy atom. The van der Waals surface area contributed by atoms with Gasteiger partial charge in [0.25, 0.3) is 0 Å². The van der Waals surface area contributed by atoms with Crippen molar-refractivity contribution in [2.75, 3.05) is 0 Å². The molecule has 0 bridgehead atoms. The summed E-state index contributed by atoms with van der Waals surface area (Å²) < 4.78 is 0. The molecule has 0 aliphatic heterocycles. The van der Waals surface area contributed by atoms with Crippen LogP contribution in [-0.4, -0.2) is 52.4 Å². The lowest BCUT2D eigenvalue weighted by atomic mass is 9.65. The van der Waals surface area contributed by atoms with Crippen LogP contribution in [0.15, 0.2) is 90.0 Å². The molecule has 10 heteroatoms. The molecular formula is C40H38O10. The fraction of sp³-hybridized carbons (Fsp3) is 0.200. The Bertz CT molecular complexity index is 2060. The van der Waals surface area contributed by atoms with Gasteiger partial charge in [-0.25, -0.2) is 0 Å². The number of aromatic hydroxyl groups is 8. The second-order valence-electron chi connectivity index (χ2n) is 12.8. The zero-order valence-corrected chi connectivity index (χ0v) is 27.6. The molecule has 0 heterocycles. The van der Waals surface area contributed by atoms with Gasteiger partial charge in [-0.2, -0.15) is 0 Å². The first kappa shape index (κ1) is 35.2. The van der Waals surface area contributed by atoms with Crippen molar-refractivity contribution in [2.24, 2.45) is 5.92 Å². The number of carbonyl (C=O) groups excluding carboxylic acids is 2. The summed E-state index contributed by atoms with van der Waals surface area (Å²) in [5.41, 5.74) is 1.93. The van der Waals surface area contributed by atoms with Gasteiger partial charge in [0.1, 0.15) is 46.0 Å². The third-order valence-electron chi connectivity index (χ3n) is 8.94. The Hall–Kier alpha value is -6.16. The monoisotopic (exact) mass is 678 g/mol. The van der Waals surface area contributed by atoms with Crippen LogP contribution in [0.4, 0.5) is 0 Å². The van der Waals surface area contributed by atoms with Crippen LogP contribution in [0.1, 0.15) is 82.0 Å². The lowest BCUT2D eigenvalue weighted by Crippen LogP contribution is -2.32. The minimum Gasteiger partial charge on any atom is -0.508 e. The molecule has 4 aromatic rings. The highest BCUT2D eigenvalue weighted by atomic mass is 16.3. The normalized spacial score (nSPS) is 17.3. The third kappa shape index (κ3) is 7.14. The van der Waals surface area contributed by atoms with Gasteiger partial charge in [-0.15, -0.1) is 0 Å². The minimum absolute atomic E-state index is 0.125. The number of Topliss-reactive ketones (excluding diaryl/α,β-unsaturated/α-hetero) is 1. The van der Waals surface area contributed by atoms with Crippen molar-refractivity contribution in [3.05, 3.63) is 123 Å². The number of hydrogen-bond acceptors (Lipinski definition) is 10. The average molecular weight is 679 g/mol. The molecule has 0 saturated heterocycles. The number of ketones is 2. The van der Waals surface area contributed by atoms with Crippen molar-refractivity contribution >= 4 is 17.6 Å². The van der Waals surface area contributed by atoms with E-state index in [1.54, 1.807) is 19.1 Å². The summed E-state index contributed by atoms with van der Waals surface area (Å²) in [5, 5.41) is 85.3. The minimum atomic E-state index is -1.17. The first-order valence-corrected chi connectivity index (χ1v) is 15.9. The zero-order valence-electron chi connectivity index (χ0n) is 27.6. The molecular weight excluding hydrogens is 640 g/mol. The predicted molar refractivity (Wildman–Crippen MR) is 187 cm³/mol. The molecule has 4 aromatic carbocycles. The van der Waals surface area contributed by atoms with E-state index < -0.39 is 46.6 Å². The average Bonchev–Trinajstić information content (AvgIpc) is 3.03. The highest BCUT2D eigenvalue weighted by Gasteiger charge is 2.43. The van der Waals surface area contributed by atoms with Gasteiger partial charge >= 0.3 is 0 Å². The molecule has 50 heavy (non-hydrogen) atoms. The quantitative estimate of drug-likeness (QED) is 0.0500. The molecule has 1 aliphatic rings. The van der Waals surface area contributed by atoms with E-state index in [0.29, 0.717) is 5.56 Å². The molecule has 0 saturated carbocycles. The third-order valence-corrected chi connectivity index (χ3v) is 8.94. The Kier molecular flexibility index (Phi) is 9.94. The van der Waals surface area contributed by atoms with Gasteiger partial charge in [0.2, 0.25) is 0 Å². The summed E-state index contributed by atoms with van der Waals surface area (Å²) >= 11 is 0. The summed E-state index contributed by atoms with van der Waals surface area (Å²) in [6.07, 6.45) is 6.28. The molecule has 1 aliphatic carbocycles. The van der Waals surface area contributed by atoms with Crippen molar-refractivity contribution in [3.63, 3.8) is 0 Å². The number of phenolic OH excluding ortho intramolecular Hbond substituents is 8. The Labute approximate surface area is 288 Å². The van der Waals surface area contributed by atoms with Crippen molar-refractivity contribution in [1.29, 1.82) is 0 Å². The lowest BCUT2D eigenvalue weighted by molar-refractivity contribution is 0.0876. The summed E-state index contributed by atoms with van der Waals surface area (Å²) in [6, 6.07) is 12.8. The molecule has 0 spiro atoms. The Morgan fingerprint density at radius 2 is 1.40 bits per heavy atom. The second kappa shape index (κ2) is 14.1. The van der Waals surface area contributed by atoms with Crippen LogP contribution < -0.4 is 0 Å². The van der Waals surface area contributed by atoms with E-state index in [4.69, 9.17) is 0 Å². The number of rotatable bonds is 9. The van der Waals surface area contributed by atoms with E-state index in [1.165, 1.54) is 54.6 Å². The maximum Gasteiger partial charge on any atom is 0.189 e. The van der Waals surface area contributed by atoms with Gasteiger partial charge in [-0.3, -0.25) is 9.59 Å². The number of carbonyl (C=O) groups is 2. The number of hydrogen-bond donors (Lipinski definition) is 8. The van der Waals surface area contributed by atoms with Gasteiger partial charge in [0.05, 0.1) is 11.1 Å². The van der Waals surface area contributed by atoms with Gasteiger partial charge in [0.15, 0.2) is 11.6 Å². The van der Waals surface area contributed by atoms with Crippen LogP contribution in [0.3, 0.4) is 0 Å². The van der Waals surface area contributed by atoms with E-state index in [1.807, 2.05) is 13.8 Å². The number of benzene rings is 4.